The Hall–Kier alpha value is -1.01. The number of fused-ring (bicyclic) bond motifs is 8. The maximum absolute atomic E-state index is 12.6. The molecule has 2 saturated heterocycles. The van der Waals surface area contributed by atoms with Gasteiger partial charge in [0.25, 0.3) is 5.79 Å². The Morgan fingerprint density at radius 2 is 1.88 bits per heavy atom. The summed E-state index contributed by atoms with van der Waals surface area (Å²) < 4.78 is 24.5. The van der Waals surface area contributed by atoms with Crippen LogP contribution in [0.1, 0.15) is 72.1 Å². The van der Waals surface area contributed by atoms with E-state index in [1.54, 1.807) is 19.2 Å². The molecule has 4 aliphatic carbocycles. The summed E-state index contributed by atoms with van der Waals surface area (Å²) in [4.78, 5) is 15.2. The van der Waals surface area contributed by atoms with Crippen LogP contribution < -0.4 is 0 Å². The summed E-state index contributed by atoms with van der Waals surface area (Å²) in [6.45, 7) is 6.77. The number of carbonyl (C=O) groups is 1. The van der Waals surface area contributed by atoms with Crippen molar-refractivity contribution in [1.29, 1.82) is 0 Å². The molecule has 8 rings (SSSR count). The summed E-state index contributed by atoms with van der Waals surface area (Å²) in [6, 6.07) is 0. The predicted octanol–water partition coefficient (Wildman–Crippen LogP) is 2.95. The molecular formula is C31H43NO8S. The van der Waals surface area contributed by atoms with Gasteiger partial charge in [-0.25, -0.2) is 4.79 Å². The van der Waals surface area contributed by atoms with Crippen molar-refractivity contribution in [2.24, 2.45) is 39.5 Å². The van der Waals surface area contributed by atoms with Crippen LogP contribution in [0.2, 0.25) is 0 Å². The van der Waals surface area contributed by atoms with Crippen LogP contribution in [0.3, 0.4) is 0 Å². The molecule has 4 aliphatic heterocycles. The van der Waals surface area contributed by atoms with Gasteiger partial charge in [0, 0.05) is 23.5 Å². The fourth-order valence-electron chi connectivity index (χ4n) is 11.1. The number of aliphatic hydroxyl groups excluding tert-OH is 1. The van der Waals surface area contributed by atoms with Crippen molar-refractivity contribution < 1.29 is 39.1 Å². The molecule has 4 saturated carbocycles. The van der Waals surface area contributed by atoms with E-state index in [0.717, 1.165) is 56.9 Å². The number of ether oxygens (including phenoxy) is 4. The molecule has 0 aromatic heterocycles. The van der Waals surface area contributed by atoms with E-state index in [2.05, 4.69) is 18.8 Å². The zero-order valence-electron chi connectivity index (χ0n) is 24.2. The highest BCUT2D eigenvalue weighted by Gasteiger charge is 2.73. The van der Waals surface area contributed by atoms with Gasteiger partial charge >= 0.3 is 5.97 Å². The number of esters is 1. The first-order chi connectivity index (χ1) is 19.5. The van der Waals surface area contributed by atoms with Gasteiger partial charge in [-0.2, -0.15) is 0 Å². The molecule has 0 radical (unpaired) electrons. The average Bonchev–Trinajstić information content (AvgIpc) is 3.65. The van der Waals surface area contributed by atoms with Crippen LogP contribution in [-0.2, 0) is 23.7 Å². The number of carbonyl (C=O) groups excluding carboxylic acids is 1. The predicted molar refractivity (Wildman–Crippen MR) is 150 cm³/mol. The Morgan fingerprint density at radius 1 is 1.05 bits per heavy atom. The maximum atomic E-state index is 12.6. The standard InChI is InChI=1S/C31H43NO8S/c1-16-25(34)30(32-10-11-41-30)31(36)26(38-16)39-22-13-18-4-5-21-20(27(18,2)14-23(22)40-31)6-8-28(3)19(7-9-29(21,28)35)17-12-24(33)37-15-17/h10,12,16,18-23,25-26,34-36H,4-9,11,13-15H2,1-3H3/t16-,18-,19-,20?,21?,22-,23-,25?,26+,27+,28-,29+,30?,31?/m1/s1. The summed E-state index contributed by atoms with van der Waals surface area (Å²) in [5.74, 6) is -0.487. The van der Waals surface area contributed by atoms with Crippen molar-refractivity contribution in [3.63, 3.8) is 0 Å². The van der Waals surface area contributed by atoms with E-state index in [9.17, 15) is 20.1 Å². The second kappa shape index (κ2) is 8.79. The molecule has 0 aromatic carbocycles. The van der Waals surface area contributed by atoms with Gasteiger partial charge in [-0.15, -0.1) is 11.8 Å². The minimum absolute atomic E-state index is 0.0851. The molecular weight excluding hydrogens is 546 g/mol. The highest BCUT2D eigenvalue weighted by atomic mass is 32.2. The normalized spacial score (nSPS) is 59.1. The highest BCUT2D eigenvalue weighted by Crippen LogP contribution is 2.70. The third kappa shape index (κ3) is 3.36. The molecule has 1 spiro atoms. The topological polar surface area (TPSA) is 127 Å². The van der Waals surface area contributed by atoms with Crippen LogP contribution in [0, 0.1) is 34.5 Å². The van der Waals surface area contributed by atoms with Crippen molar-refractivity contribution in [3.05, 3.63) is 11.6 Å². The smallest absolute Gasteiger partial charge is 0.331 e. The lowest BCUT2D eigenvalue weighted by Crippen LogP contribution is -2.77. The van der Waals surface area contributed by atoms with Crippen LogP contribution in [0.4, 0.5) is 0 Å². The summed E-state index contributed by atoms with van der Waals surface area (Å²) in [7, 11) is 0. The molecule has 5 unspecified atom stereocenters. The molecule has 4 heterocycles. The first-order valence-electron chi connectivity index (χ1n) is 15.6. The maximum Gasteiger partial charge on any atom is 0.331 e. The number of cyclic esters (lactones) is 1. The van der Waals surface area contributed by atoms with E-state index in [1.165, 1.54) is 11.8 Å². The monoisotopic (exact) mass is 589 g/mol. The Balaban J connectivity index is 1.09. The number of rotatable bonds is 1. The number of aliphatic imine (C=N–C) groups is 1. The lowest BCUT2D eigenvalue weighted by atomic mass is 9.43. The lowest BCUT2D eigenvalue weighted by Gasteiger charge is -2.66. The number of thioether (sulfide) groups is 1. The minimum Gasteiger partial charge on any atom is -0.458 e. The van der Waals surface area contributed by atoms with Crippen molar-refractivity contribution in [3.8, 4) is 0 Å². The average molecular weight is 590 g/mol. The zero-order valence-corrected chi connectivity index (χ0v) is 25.0. The minimum atomic E-state index is -1.90. The summed E-state index contributed by atoms with van der Waals surface area (Å²) in [5.41, 5.74) is -0.104. The molecule has 0 bridgehead atoms. The van der Waals surface area contributed by atoms with E-state index in [-0.39, 0.29) is 40.8 Å². The van der Waals surface area contributed by atoms with Crippen LogP contribution in [0.15, 0.2) is 16.6 Å². The summed E-state index contributed by atoms with van der Waals surface area (Å²) >= 11 is 1.39. The number of hydrogen-bond donors (Lipinski definition) is 3. The molecule has 6 fully saturated rings. The van der Waals surface area contributed by atoms with Gasteiger partial charge in [0.15, 0.2) is 4.87 Å². The van der Waals surface area contributed by atoms with E-state index < -0.39 is 34.8 Å². The number of aliphatic hydroxyl groups is 3. The van der Waals surface area contributed by atoms with E-state index in [1.807, 2.05) is 0 Å². The van der Waals surface area contributed by atoms with Crippen LogP contribution in [0.25, 0.3) is 0 Å². The van der Waals surface area contributed by atoms with Gasteiger partial charge in [-0.3, -0.25) is 4.99 Å². The second-order valence-corrected chi connectivity index (χ2v) is 15.9. The molecule has 10 heteroatoms. The van der Waals surface area contributed by atoms with Gasteiger partial charge in [0.2, 0.25) is 6.29 Å². The number of hydrogen-bond acceptors (Lipinski definition) is 10. The van der Waals surface area contributed by atoms with Crippen LogP contribution >= 0.6 is 11.8 Å². The fraction of sp³-hybridized carbons (Fsp3) is 0.871. The summed E-state index contributed by atoms with van der Waals surface area (Å²) in [6.07, 6.45) is 7.35. The van der Waals surface area contributed by atoms with Crippen molar-refractivity contribution in [2.45, 2.75) is 119 Å². The van der Waals surface area contributed by atoms with E-state index >= 15 is 0 Å². The van der Waals surface area contributed by atoms with Crippen molar-refractivity contribution >= 4 is 23.9 Å². The third-order valence-electron chi connectivity index (χ3n) is 13.3. The lowest BCUT2D eigenvalue weighted by molar-refractivity contribution is -0.456. The molecule has 41 heavy (non-hydrogen) atoms. The molecule has 226 valence electrons. The second-order valence-electron chi connectivity index (χ2n) is 14.7. The molecule has 0 amide bonds. The van der Waals surface area contributed by atoms with Gasteiger partial charge in [-0.1, -0.05) is 13.8 Å². The Morgan fingerprint density at radius 3 is 2.61 bits per heavy atom. The number of nitrogens with zero attached hydrogens (tertiary/aromatic N) is 1. The van der Waals surface area contributed by atoms with E-state index in [0.29, 0.717) is 24.2 Å². The molecule has 3 N–H and O–H groups in total. The highest BCUT2D eigenvalue weighted by molar-refractivity contribution is 8.01. The van der Waals surface area contributed by atoms with Crippen molar-refractivity contribution in [1.82, 2.24) is 0 Å². The van der Waals surface area contributed by atoms with Gasteiger partial charge in [0.05, 0.1) is 23.9 Å². The third-order valence-corrected chi connectivity index (χ3v) is 14.7. The largest absolute Gasteiger partial charge is 0.458 e. The van der Waals surface area contributed by atoms with Crippen LogP contribution in [-0.4, -0.2) is 86.8 Å². The molecule has 9 nitrogen and oxygen atoms in total. The SMILES string of the molecule is C[C@H]1O[C@H]2O[C@@H]3C[C@H]4CCC5C(CC[C@]6(C)[C@@H](C7=CC(=O)OC7)CC[C@]56O)[C@@]4(C)C[C@H]3OC2(O)C2(N=CCS2)C1O. The fourth-order valence-corrected chi connectivity index (χ4v) is 12.4. The van der Waals surface area contributed by atoms with E-state index in [4.69, 9.17) is 18.9 Å². The Bertz CT molecular complexity index is 1210. The molecule has 14 atom stereocenters. The first kappa shape index (κ1) is 27.5. The zero-order chi connectivity index (χ0) is 28.6. The van der Waals surface area contributed by atoms with Gasteiger partial charge in [-0.05, 0) is 93.0 Å². The van der Waals surface area contributed by atoms with Crippen molar-refractivity contribution in [2.75, 3.05) is 12.4 Å². The molecule has 8 aliphatic rings. The van der Waals surface area contributed by atoms with Crippen LogP contribution in [0.5, 0.6) is 0 Å². The van der Waals surface area contributed by atoms with Gasteiger partial charge in [0.1, 0.15) is 12.7 Å². The van der Waals surface area contributed by atoms with Gasteiger partial charge < -0.3 is 34.3 Å². The first-order valence-corrected chi connectivity index (χ1v) is 16.6. The Kier molecular flexibility index (Phi) is 5.91. The molecule has 0 aromatic rings. The quantitative estimate of drug-likeness (QED) is 0.313. The summed E-state index contributed by atoms with van der Waals surface area (Å²) in [5, 5.41) is 35.8. The Labute approximate surface area is 245 Å².